The van der Waals surface area contributed by atoms with E-state index in [0.717, 1.165) is 4.88 Å². The fourth-order valence-electron chi connectivity index (χ4n) is 0.907. The number of thiophene rings is 1. The third kappa shape index (κ3) is 1.95. The van der Waals surface area contributed by atoms with E-state index in [2.05, 4.69) is 0 Å². The quantitative estimate of drug-likeness (QED) is 0.578. The zero-order chi connectivity index (χ0) is 9.84. The molecule has 1 aromatic rings. The van der Waals surface area contributed by atoms with Gasteiger partial charge in [0.2, 0.25) is 0 Å². The lowest BCUT2D eigenvalue weighted by Crippen LogP contribution is -1.99. The summed E-state index contributed by atoms with van der Waals surface area (Å²) in [6.45, 7) is 1.64. The van der Waals surface area contributed by atoms with Crippen molar-refractivity contribution in [3.63, 3.8) is 0 Å². The minimum Gasteiger partial charge on any atom is -0.477 e. The van der Waals surface area contributed by atoms with Crippen LogP contribution in [-0.4, -0.2) is 11.1 Å². The van der Waals surface area contributed by atoms with Crippen molar-refractivity contribution in [1.82, 2.24) is 0 Å². The molecule has 1 heterocycles. The molecule has 1 rings (SSSR count). The smallest absolute Gasteiger partial charge is 0.346 e. The normalized spacial score (nSPS) is 11.7. The van der Waals surface area contributed by atoms with Crippen molar-refractivity contribution in [2.75, 3.05) is 0 Å². The largest absolute Gasteiger partial charge is 0.477 e. The van der Waals surface area contributed by atoms with Crippen LogP contribution in [0.2, 0.25) is 0 Å². The van der Waals surface area contributed by atoms with Gasteiger partial charge in [-0.1, -0.05) is 6.07 Å². The van der Waals surface area contributed by atoms with Crippen LogP contribution >= 0.6 is 11.3 Å². The minimum atomic E-state index is -1.17. The number of carbonyl (C=O) groups is 1. The van der Waals surface area contributed by atoms with Crippen LogP contribution in [0.4, 0.5) is 0 Å². The summed E-state index contributed by atoms with van der Waals surface area (Å²) in [5.41, 5.74) is 0.326. The second kappa shape index (κ2) is 3.87. The predicted molar refractivity (Wildman–Crippen MR) is 50.2 cm³/mol. The molecule has 66 valence electrons. The average molecular weight is 193 g/mol. The zero-order valence-corrected chi connectivity index (χ0v) is 7.76. The molecule has 0 atom stereocenters. The van der Waals surface area contributed by atoms with Crippen LogP contribution in [0.3, 0.4) is 0 Å². The van der Waals surface area contributed by atoms with Gasteiger partial charge in [-0.25, -0.2) is 4.79 Å². The third-order valence-corrected chi connectivity index (χ3v) is 2.58. The number of allylic oxidation sites excluding steroid dienone is 1. The van der Waals surface area contributed by atoms with Gasteiger partial charge in [0.25, 0.3) is 0 Å². The summed E-state index contributed by atoms with van der Waals surface area (Å²) < 4.78 is 0. The summed E-state index contributed by atoms with van der Waals surface area (Å²) in [5.74, 6) is -1.17. The Kier molecular flexibility index (Phi) is 2.83. The summed E-state index contributed by atoms with van der Waals surface area (Å²) in [6, 6.07) is 5.29. The highest BCUT2D eigenvalue weighted by Crippen LogP contribution is 2.22. The molecular weight excluding hydrogens is 186 g/mol. The SMILES string of the molecule is C/C(=C(/C#N)C(=O)O)c1cccs1. The molecule has 0 saturated carbocycles. The van der Waals surface area contributed by atoms with Crippen molar-refractivity contribution >= 4 is 22.9 Å². The number of carboxylic acid groups (broad SMARTS) is 1. The van der Waals surface area contributed by atoms with Crippen molar-refractivity contribution in [2.24, 2.45) is 0 Å². The minimum absolute atomic E-state index is 0.192. The lowest BCUT2D eigenvalue weighted by atomic mass is 10.1. The first-order valence-electron chi connectivity index (χ1n) is 3.55. The molecule has 1 aromatic heterocycles. The van der Waals surface area contributed by atoms with E-state index in [9.17, 15) is 4.79 Å². The predicted octanol–water partition coefficient (Wildman–Crippen LogP) is 2.13. The highest BCUT2D eigenvalue weighted by molar-refractivity contribution is 7.11. The monoisotopic (exact) mass is 193 g/mol. The molecule has 0 radical (unpaired) electrons. The molecule has 1 N–H and O–H groups in total. The van der Waals surface area contributed by atoms with Crippen LogP contribution in [-0.2, 0) is 4.79 Å². The summed E-state index contributed by atoms with van der Waals surface area (Å²) in [5, 5.41) is 19.1. The zero-order valence-electron chi connectivity index (χ0n) is 6.94. The maximum absolute atomic E-state index is 10.6. The fraction of sp³-hybridized carbons (Fsp3) is 0.111. The summed E-state index contributed by atoms with van der Waals surface area (Å²) in [4.78, 5) is 11.4. The van der Waals surface area contributed by atoms with Gasteiger partial charge in [0.05, 0.1) is 0 Å². The van der Waals surface area contributed by atoms with E-state index in [1.165, 1.54) is 11.3 Å². The van der Waals surface area contributed by atoms with E-state index >= 15 is 0 Å². The second-order valence-electron chi connectivity index (χ2n) is 2.39. The fourth-order valence-corrected chi connectivity index (χ4v) is 1.65. The number of rotatable bonds is 2. The Labute approximate surface area is 79.6 Å². The van der Waals surface area contributed by atoms with Crippen LogP contribution in [0, 0.1) is 11.3 Å². The molecule has 13 heavy (non-hydrogen) atoms. The Bertz CT molecular complexity index is 384. The number of hydrogen-bond acceptors (Lipinski definition) is 3. The molecule has 4 heteroatoms. The molecule has 0 amide bonds. The molecule has 0 fully saturated rings. The Morgan fingerprint density at radius 1 is 1.69 bits per heavy atom. The third-order valence-electron chi connectivity index (χ3n) is 1.59. The van der Waals surface area contributed by atoms with E-state index in [4.69, 9.17) is 10.4 Å². The molecular formula is C9H7NO2S. The van der Waals surface area contributed by atoms with Crippen molar-refractivity contribution in [3.8, 4) is 6.07 Å². The topological polar surface area (TPSA) is 61.1 Å². The molecule has 0 saturated heterocycles. The highest BCUT2D eigenvalue weighted by Gasteiger charge is 2.12. The van der Waals surface area contributed by atoms with Gasteiger partial charge in [-0.3, -0.25) is 0 Å². The van der Waals surface area contributed by atoms with Gasteiger partial charge in [0.15, 0.2) is 0 Å². The average Bonchev–Trinajstić information content (AvgIpc) is 2.56. The van der Waals surface area contributed by atoms with E-state index < -0.39 is 5.97 Å². The second-order valence-corrected chi connectivity index (χ2v) is 3.34. The van der Waals surface area contributed by atoms with Crippen LogP contribution in [0.1, 0.15) is 11.8 Å². The van der Waals surface area contributed by atoms with Gasteiger partial charge in [-0.2, -0.15) is 5.26 Å². The Morgan fingerprint density at radius 2 is 2.38 bits per heavy atom. The molecule has 0 aliphatic rings. The van der Waals surface area contributed by atoms with Gasteiger partial charge in [-0.15, -0.1) is 11.3 Å². The van der Waals surface area contributed by atoms with E-state index in [1.54, 1.807) is 19.1 Å². The molecule has 0 bridgehead atoms. The first-order valence-corrected chi connectivity index (χ1v) is 4.43. The molecule has 0 spiro atoms. The number of nitrogens with zero attached hydrogens (tertiary/aromatic N) is 1. The Morgan fingerprint density at radius 3 is 2.77 bits per heavy atom. The summed E-state index contributed by atoms with van der Waals surface area (Å²) in [7, 11) is 0. The van der Waals surface area contributed by atoms with Crippen molar-refractivity contribution in [3.05, 3.63) is 28.0 Å². The van der Waals surface area contributed by atoms with Crippen LogP contribution < -0.4 is 0 Å². The van der Waals surface area contributed by atoms with Gasteiger partial charge in [0.1, 0.15) is 11.6 Å². The Balaban J connectivity index is 3.19. The van der Waals surface area contributed by atoms with Crippen LogP contribution in [0.5, 0.6) is 0 Å². The molecule has 3 nitrogen and oxygen atoms in total. The number of carboxylic acids is 1. The van der Waals surface area contributed by atoms with Gasteiger partial charge in [0, 0.05) is 4.88 Å². The first kappa shape index (κ1) is 9.49. The maximum Gasteiger partial charge on any atom is 0.346 e. The van der Waals surface area contributed by atoms with Gasteiger partial charge >= 0.3 is 5.97 Å². The van der Waals surface area contributed by atoms with Gasteiger partial charge in [-0.05, 0) is 23.9 Å². The number of hydrogen-bond donors (Lipinski definition) is 1. The summed E-state index contributed by atoms with van der Waals surface area (Å²) >= 11 is 1.42. The van der Waals surface area contributed by atoms with E-state index in [1.807, 2.05) is 11.4 Å². The maximum atomic E-state index is 10.6. The van der Waals surface area contributed by atoms with E-state index in [-0.39, 0.29) is 5.57 Å². The van der Waals surface area contributed by atoms with Crippen molar-refractivity contribution in [1.29, 1.82) is 5.26 Å². The van der Waals surface area contributed by atoms with E-state index in [0.29, 0.717) is 5.57 Å². The number of nitriles is 1. The van der Waals surface area contributed by atoms with Crippen molar-refractivity contribution in [2.45, 2.75) is 6.92 Å². The standard InChI is InChI=1S/C9H7NO2S/c1-6(7(5-10)9(11)12)8-3-2-4-13-8/h2-4H,1H3,(H,11,12)/b7-6+. The lowest BCUT2D eigenvalue weighted by Gasteiger charge is -1.97. The molecule has 0 unspecified atom stereocenters. The lowest BCUT2D eigenvalue weighted by molar-refractivity contribution is -0.132. The first-order chi connectivity index (χ1) is 6.16. The highest BCUT2D eigenvalue weighted by atomic mass is 32.1. The Hall–Kier alpha value is -1.60. The van der Waals surface area contributed by atoms with Crippen molar-refractivity contribution < 1.29 is 9.90 Å². The molecule has 0 aliphatic heterocycles. The number of aliphatic carboxylic acids is 1. The van der Waals surface area contributed by atoms with Crippen LogP contribution in [0.15, 0.2) is 23.1 Å². The van der Waals surface area contributed by atoms with Gasteiger partial charge < -0.3 is 5.11 Å². The summed E-state index contributed by atoms with van der Waals surface area (Å²) in [6.07, 6.45) is 0. The molecule has 0 aromatic carbocycles. The van der Waals surface area contributed by atoms with Crippen LogP contribution in [0.25, 0.3) is 5.57 Å². The molecule has 0 aliphatic carbocycles.